The molecule has 1 fully saturated rings. The molecule has 11 heteroatoms. The summed E-state index contributed by atoms with van der Waals surface area (Å²) in [5, 5.41) is 26.2. The fourth-order valence-electron chi connectivity index (χ4n) is 3.07. The highest BCUT2D eigenvalue weighted by molar-refractivity contribution is 7.89. The average molecular weight is 416 g/mol. The Morgan fingerprint density at radius 1 is 1.21 bits per heavy atom. The summed E-state index contributed by atoms with van der Waals surface area (Å²) in [7, 11) is -3.83. The maximum absolute atomic E-state index is 13.0. The zero-order valence-corrected chi connectivity index (χ0v) is 16.4. The van der Waals surface area contributed by atoms with Crippen LogP contribution in [0.4, 0.5) is 17.2 Å². The summed E-state index contributed by atoms with van der Waals surface area (Å²) in [5.74, 6) is 0.436. The van der Waals surface area contributed by atoms with Gasteiger partial charge in [-0.1, -0.05) is 0 Å². The Labute approximate surface area is 168 Å². The Hall–Kier alpha value is -3.23. The third-order valence-electron chi connectivity index (χ3n) is 4.52. The van der Waals surface area contributed by atoms with E-state index in [4.69, 9.17) is 5.26 Å². The SMILES string of the molecule is N#Cc1cccnc1NCCNc1ccc([N+](=O)[O-])cc1S(=O)(=O)N1CCCC1. The Kier molecular flexibility index (Phi) is 6.26. The van der Waals surface area contributed by atoms with Crippen LogP contribution >= 0.6 is 0 Å². The molecule has 0 bridgehead atoms. The Morgan fingerprint density at radius 2 is 1.93 bits per heavy atom. The number of hydrogen-bond acceptors (Lipinski definition) is 8. The second-order valence-corrected chi connectivity index (χ2v) is 8.32. The molecule has 1 aliphatic rings. The molecule has 1 aliphatic heterocycles. The molecule has 3 rings (SSSR count). The van der Waals surface area contributed by atoms with Crippen LogP contribution in [-0.2, 0) is 10.0 Å². The van der Waals surface area contributed by atoms with Gasteiger partial charge >= 0.3 is 0 Å². The molecule has 29 heavy (non-hydrogen) atoms. The first-order chi connectivity index (χ1) is 13.9. The molecule has 10 nitrogen and oxygen atoms in total. The van der Waals surface area contributed by atoms with Gasteiger partial charge in [-0.3, -0.25) is 10.1 Å². The van der Waals surface area contributed by atoms with E-state index in [9.17, 15) is 18.5 Å². The van der Waals surface area contributed by atoms with Crippen molar-refractivity contribution in [1.29, 1.82) is 5.26 Å². The van der Waals surface area contributed by atoms with E-state index in [1.165, 1.54) is 16.4 Å². The number of sulfonamides is 1. The van der Waals surface area contributed by atoms with Gasteiger partial charge < -0.3 is 10.6 Å². The van der Waals surface area contributed by atoms with Gasteiger partial charge in [0, 0.05) is 44.5 Å². The summed E-state index contributed by atoms with van der Waals surface area (Å²) in [4.78, 5) is 14.5. The summed E-state index contributed by atoms with van der Waals surface area (Å²) in [6.07, 6.45) is 3.10. The zero-order valence-electron chi connectivity index (χ0n) is 15.5. The monoisotopic (exact) mass is 416 g/mol. The molecular formula is C18H20N6O4S. The molecule has 0 radical (unpaired) electrons. The van der Waals surface area contributed by atoms with Crippen LogP contribution in [0.25, 0.3) is 0 Å². The highest BCUT2D eigenvalue weighted by Crippen LogP contribution is 2.30. The van der Waals surface area contributed by atoms with Gasteiger partial charge in [0.05, 0.1) is 16.2 Å². The largest absolute Gasteiger partial charge is 0.382 e. The first-order valence-corrected chi connectivity index (χ1v) is 10.5. The Morgan fingerprint density at radius 3 is 2.62 bits per heavy atom. The third-order valence-corrected chi connectivity index (χ3v) is 6.46. The maximum atomic E-state index is 13.0. The molecule has 0 spiro atoms. The molecule has 0 amide bonds. The van der Waals surface area contributed by atoms with Gasteiger partial charge in [-0.25, -0.2) is 13.4 Å². The van der Waals surface area contributed by atoms with E-state index in [2.05, 4.69) is 15.6 Å². The van der Waals surface area contributed by atoms with Crippen molar-refractivity contribution >= 4 is 27.2 Å². The van der Waals surface area contributed by atoms with Crippen molar-refractivity contribution in [3.63, 3.8) is 0 Å². The number of benzene rings is 1. The smallest absolute Gasteiger partial charge is 0.270 e. The van der Waals surface area contributed by atoms with E-state index in [-0.39, 0.29) is 10.6 Å². The van der Waals surface area contributed by atoms with Crippen molar-refractivity contribution in [3.8, 4) is 6.07 Å². The number of aromatic nitrogens is 1. The molecule has 0 saturated carbocycles. The lowest BCUT2D eigenvalue weighted by Gasteiger charge is -2.19. The predicted octanol–water partition coefficient (Wildman–Crippen LogP) is 2.17. The third kappa shape index (κ3) is 4.61. The molecule has 0 unspecified atom stereocenters. The van der Waals surface area contributed by atoms with Crippen LogP contribution in [0, 0.1) is 21.4 Å². The number of rotatable bonds is 8. The van der Waals surface area contributed by atoms with Crippen molar-refractivity contribution in [1.82, 2.24) is 9.29 Å². The molecule has 0 atom stereocenters. The van der Waals surface area contributed by atoms with Crippen LogP contribution in [-0.4, -0.2) is 48.8 Å². The number of nitro benzene ring substituents is 1. The quantitative estimate of drug-likeness (QED) is 0.379. The van der Waals surface area contributed by atoms with E-state index in [1.54, 1.807) is 18.3 Å². The first kappa shape index (κ1) is 20.5. The molecule has 152 valence electrons. The summed E-state index contributed by atoms with van der Waals surface area (Å²) >= 11 is 0. The maximum Gasteiger partial charge on any atom is 0.270 e. The van der Waals surface area contributed by atoms with E-state index < -0.39 is 14.9 Å². The predicted molar refractivity (Wildman–Crippen MR) is 107 cm³/mol. The molecule has 1 saturated heterocycles. The van der Waals surface area contributed by atoms with E-state index in [0.717, 1.165) is 18.9 Å². The van der Waals surface area contributed by atoms with E-state index in [0.29, 0.717) is 43.2 Å². The summed E-state index contributed by atoms with van der Waals surface area (Å²) in [5.41, 5.74) is 0.421. The molecule has 1 aromatic carbocycles. The van der Waals surface area contributed by atoms with Crippen LogP contribution in [0.2, 0.25) is 0 Å². The highest BCUT2D eigenvalue weighted by Gasteiger charge is 2.30. The second kappa shape index (κ2) is 8.85. The number of nitro groups is 1. The van der Waals surface area contributed by atoms with Gasteiger partial charge in [0.15, 0.2) is 0 Å². The van der Waals surface area contributed by atoms with Gasteiger partial charge in [0.25, 0.3) is 5.69 Å². The first-order valence-electron chi connectivity index (χ1n) is 9.05. The Bertz CT molecular complexity index is 1040. The summed E-state index contributed by atoms with van der Waals surface area (Å²) in [6.45, 7) is 1.50. The second-order valence-electron chi connectivity index (χ2n) is 6.41. The lowest BCUT2D eigenvalue weighted by molar-refractivity contribution is -0.385. The van der Waals surface area contributed by atoms with Crippen LogP contribution in [0.5, 0.6) is 0 Å². The van der Waals surface area contributed by atoms with Crippen molar-refractivity contribution < 1.29 is 13.3 Å². The van der Waals surface area contributed by atoms with Crippen LogP contribution in [0.15, 0.2) is 41.4 Å². The van der Waals surface area contributed by atoms with Gasteiger partial charge in [-0.2, -0.15) is 9.57 Å². The number of nitrogens with one attached hydrogen (secondary N) is 2. The van der Waals surface area contributed by atoms with Gasteiger partial charge in [-0.15, -0.1) is 0 Å². The van der Waals surface area contributed by atoms with Gasteiger partial charge in [-0.05, 0) is 31.0 Å². The molecule has 2 heterocycles. The van der Waals surface area contributed by atoms with Crippen molar-refractivity contribution in [2.24, 2.45) is 0 Å². The molecule has 0 aliphatic carbocycles. The lowest BCUT2D eigenvalue weighted by Crippen LogP contribution is -2.29. The minimum absolute atomic E-state index is 0.107. The zero-order chi connectivity index (χ0) is 20.9. The molecular weight excluding hydrogens is 396 g/mol. The van der Waals surface area contributed by atoms with E-state index in [1.807, 2.05) is 6.07 Å². The fourth-order valence-corrected chi connectivity index (χ4v) is 4.77. The molecule has 2 aromatic rings. The minimum Gasteiger partial charge on any atom is -0.382 e. The summed E-state index contributed by atoms with van der Waals surface area (Å²) in [6, 6.07) is 9.10. The van der Waals surface area contributed by atoms with Gasteiger partial charge in [0.1, 0.15) is 16.8 Å². The normalized spacial score (nSPS) is 14.3. The number of nitriles is 1. The van der Waals surface area contributed by atoms with E-state index >= 15 is 0 Å². The number of hydrogen-bond donors (Lipinski definition) is 2. The van der Waals surface area contributed by atoms with Crippen LogP contribution < -0.4 is 10.6 Å². The van der Waals surface area contributed by atoms with Crippen molar-refractivity contribution in [3.05, 3.63) is 52.2 Å². The van der Waals surface area contributed by atoms with Crippen molar-refractivity contribution in [2.75, 3.05) is 36.8 Å². The number of anilines is 2. The summed E-state index contributed by atoms with van der Waals surface area (Å²) < 4.78 is 27.3. The topological polar surface area (TPSA) is 141 Å². The van der Waals surface area contributed by atoms with Crippen LogP contribution in [0.1, 0.15) is 18.4 Å². The Balaban J connectivity index is 1.76. The number of nitrogens with zero attached hydrogens (tertiary/aromatic N) is 4. The van der Waals surface area contributed by atoms with Crippen LogP contribution in [0.3, 0.4) is 0 Å². The number of pyridine rings is 1. The lowest BCUT2D eigenvalue weighted by atomic mass is 10.2. The van der Waals surface area contributed by atoms with Gasteiger partial charge in [0.2, 0.25) is 10.0 Å². The molecule has 2 N–H and O–H groups in total. The minimum atomic E-state index is -3.83. The number of non-ortho nitro benzene ring substituents is 1. The molecule has 1 aromatic heterocycles. The fraction of sp³-hybridized carbons (Fsp3) is 0.333. The average Bonchev–Trinajstić information content (AvgIpc) is 3.27. The standard InChI is InChI=1S/C18H20N6O4S/c19-13-14-4-3-7-21-18(14)22-9-8-20-16-6-5-15(24(25)26)12-17(16)29(27,28)23-10-1-2-11-23/h3-7,12,20H,1-2,8-11H2,(H,21,22). The van der Waals surface area contributed by atoms with Crippen molar-refractivity contribution in [2.45, 2.75) is 17.7 Å². The highest BCUT2D eigenvalue weighted by atomic mass is 32.2.